The molecule has 20 heavy (non-hydrogen) atoms. The molecule has 0 bridgehead atoms. The van der Waals surface area contributed by atoms with E-state index in [1.165, 1.54) is 0 Å². The minimum atomic E-state index is -0.0255. The first-order valence-corrected chi connectivity index (χ1v) is 6.60. The van der Waals surface area contributed by atoms with Crippen LogP contribution in [-0.2, 0) is 13.6 Å². The van der Waals surface area contributed by atoms with Gasteiger partial charge in [0.1, 0.15) is 5.69 Å². The average Bonchev–Trinajstić information content (AvgIpc) is 2.81. The molecule has 0 fully saturated rings. The number of benzene rings is 1. The maximum atomic E-state index is 12.6. The van der Waals surface area contributed by atoms with Gasteiger partial charge in [0.25, 0.3) is 5.91 Å². The number of hydrogen-bond acceptors (Lipinski definition) is 3. The molecule has 0 atom stereocenters. The molecule has 5 heteroatoms. The quantitative estimate of drug-likeness (QED) is 0.866. The minimum absolute atomic E-state index is 0.0255. The van der Waals surface area contributed by atoms with Crippen LogP contribution in [0.3, 0.4) is 0 Å². The van der Waals surface area contributed by atoms with Gasteiger partial charge in [0.2, 0.25) is 0 Å². The maximum Gasteiger partial charge on any atom is 0.272 e. The third-order valence-electron chi connectivity index (χ3n) is 3.22. The van der Waals surface area contributed by atoms with Crippen molar-refractivity contribution >= 4 is 11.6 Å². The van der Waals surface area contributed by atoms with Crippen LogP contribution in [0, 0.1) is 0 Å². The first-order chi connectivity index (χ1) is 9.49. The van der Waals surface area contributed by atoms with E-state index < -0.39 is 0 Å². The third kappa shape index (κ3) is 2.99. The van der Waals surface area contributed by atoms with E-state index in [2.05, 4.69) is 4.98 Å². The first-order valence-electron chi connectivity index (χ1n) is 6.60. The molecule has 0 saturated carbocycles. The molecular formula is C15H20N4O. The molecule has 5 nitrogen and oxygen atoms in total. The van der Waals surface area contributed by atoms with Crippen molar-refractivity contribution in [1.29, 1.82) is 0 Å². The van der Waals surface area contributed by atoms with Gasteiger partial charge in [-0.1, -0.05) is 12.1 Å². The lowest BCUT2D eigenvalue weighted by Gasteiger charge is -2.27. The number of nitrogens with zero attached hydrogens (tertiary/aromatic N) is 3. The highest BCUT2D eigenvalue weighted by Crippen LogP contribution is 2.14. The minimum Gasteiger partial charge on any atom is -0.399 e. The smallest absolute Gasteiger partial charge is 0.272 e. The Morgan fingerprint density at radius 2 is 2.20 bits per heavy atom. The Morgan fingerprint density at radius 3 is 2.75 bits per heavy atom. The number of amides is 1. The molecule has 1 aromatic carbocycles. The van der Waals surface area contributed by atoms with Gasteiger partial charge in [-0.05, 0) is 31.5 Å². The van der Waals surface area contributed by atoms with Gasteiger partial charge in [-0.2, -0.15) is 0 Å². The summed E-state index contributed by atoms with van der Waals surface area (Å²) in [5.41, 5.74) is 8.10. The lowest BCUT2D eigenvalue weighted by molar-refractivity contribution is 0.0680. The Labute approximate surface area is 119 Å². The Morgan fingerprint density at radius 1 is 1.45 bits per heavy atom. The van der Waals surface area contributed by atoms with Crippen LogP contribution in [0.25, 0.3) is 0 Å². The zero-order valence-electron chi connectivity index (χ0n) is 12.1. The fourth-order valence-corrected chi connectivity index (χ4v) is 2.09. The van der Waals surface area contributed by atoms with E-state index in [1.807, 2.05) is 50.1 Å². The monoisotopic (exact) mass is 272 g/mol. The largest absolute Gasteiger partial charge is 0.399 e. The number of anilines is 1. The topological polar surface area (TPSA) is 64.2 Å². The molecule has 0 saturated heterocycles. The lowest BCUT2D eigenvalue weighted by Crippen LogP contribution is -2.37. The summed E-state index contributed by atoms with van der Waals surface area (Å²) in [6, 6.07) is 7.71. The van der Waals surface area contributed by atoms with Crippen molar-refractivity contribution in [2.24, 2.45) is 7.05 Å². The van der Waals surface area contributed by atoms with Crippen molar-refractivity contribution < 1.29 is 4.79 Å². The highest BCUT2D eigenvalue weighted by Gasteiger charge is 2.21. The lowest BCUT2D eigenvalue weighted by atomic mass is 10.1. The van der Waals surface area contributed by atoms with Crippen LogP contribution in [-0.4, -0.2) is 26.4 Å². The number of carbonyl (C=O) groups is 1. The number of aryl methyl sites for hydroxylation is 1. The molecule has 0 unspecified atom stereocenters. The van der Waals surface area contributed by atoms with E-state index in [9.17, 15) is 4.79 Å². The molecule has 1 heterocycles. The number of hydrogen-bond donors (Lipinski definition) is 1. The van der Waals surface area contributed by atoms with E-state index >= 15 is 0 Å². The van der Waals surface area contributed by atoms with Crippen molar-refractivity contribution in [3.8, 4) is 0 Å². The van der Waals surface area contributed by atoms with Crippen LogP contribution < -0.4 is 5.73 Å². The molecule has 1 aromatic heterocycles. The predicted octanol–water partition coefficient (Wildman–Crippen LogP) is 2.05. The highest BCUT2D eigenvalue weighted by molar-refractivity contribution is 5.92. The van der Waals surface area contributed by atoms with E-state index in [1.54, 1.807) is 17.1 Å². The maximum absolute atomic E-state index is 12.6. The molecule has 2 rings (SSSR count). The van der Waals surface area contributed by atoms with Crippen molar-refractivity contribution in [3.05, 3.63) is 48.0 Å². The number of nitrogens with two attached hydrogens (primary N) is 1. The summed E-state index contributed by atoms with van der Waals surface area (Å²) in [5.74, 6) is -0.0255. The summed E-state index contributed by atoms with van der Waals surface area (Å²) >= 11 is 0. The van der Waals surface area contributed by atoms with E-state index in [4.69, 9.17) is 5.73 Å². The van der Waals surface area contributed by atoms with Crippen molar-refractivity contribution in [2.75, 3.05) is 5.73 Å². The summed E-state index contributed by atoms with van der Waals surface area (Å²) in [6.45, 7) is 4.54. The second-order valence-electron chi connectivity index (χ2n) is 5.16. The van der Waals surface area contributed by atoms with E-state index in [0.29, 0.717) is 17.9 Å². The summed E-state index contributed by atoms with van der Waals surface area (Å²) < 4.78 is 1.73. The van der Waals surface area contributed by atoms with E-state index in [0.717, 1.165) is 5.56 Å². The predicted molar refractivity (Wildman–Crippen MR) is 79.1 cm³/mol. The van der Waals surface area contributed by atoms with Gasteiger partial charge < -0.3 is 15.2 Å². The molecule has 0 spiro atoms. The van der Waals surface area contributed by atoms with Gasteiger partial charge in [-0.3, -0.25) is 4.79 Å². The fourth-order valence-electron chi connectivity index (χ4n) is 2.09. The average molecular weight is 272 g/mol. The number of nitrogen functional groups attached to an aromatic ring is 1. The molecule has 0 radical (unpaired) electrons. The molecule has 1 amide bonds. The van der Waals surface area contributed by atoms with Crippen molar-refractivity contribution in [1.82, 2.24) is 14.5 Å². The normalized spacial score (nSPS) is 10.8. The van der Waals surface area contributed by atoms with Crippen LogP contribution in [0.15, 0.2) is 36.8 Å². The van der Waals surface area contributed by atoms with Crippen LogP contribution in [0.2, 0.25) is 0 Å². The molecule has 0 aliphatic carbocycles. The van der Waals surface area contributed by atoms with E-state index in [-0.39, 0.29) is 11.9 Å². The van der Waals surface area contributed by atoms with Crippen LogP contribution >= 0.6 is 0 Å². The van der Waals surface area contributed by atoms with Crippen LogP contribution in [0.5, 0.6) is 0 Å². The van der Waals surface area contributed by atoms with Crippen molar-refractivity contribution in [2.45, 2.75) is 26.4 Å². The van der Waals surface area contributed by atoms with Crippen LogP contribution in [0.4, 0.5) is 5.69 Å². The zero-order valence-corrected chi connectivity index (χ0v) is 12.1. The van der Waals surface area contributed by atoms with Crippen molar-refractivity contribution in [3.63, 3.8) is 0 Å². The zero-order chi connectivity index (χ0) is 14.7. The Balaban J connectivity index is 2.24. The molecule has 0 aliphatic rings. The molecule has 2 N–H and O–H groups in total. The van der Waals surface area contributed by atoms with Gasteiger partial charge >= 0.3 is 0 Å². The second kappa shape index (κ2) is 5.77. The Hall–Kier alpha value is -2.30. The number of carbonyl (C=O) groups excluding carboxylic acids is 1. The second-order valence-corrected chi connectivity index (χ2v) is 5.16. The SMILES string of the molecule is CC(C)N(Cc1cccc(N)c1)C(=O)c1cncn1C. The summed E-state index contributed by atoms with van der Waals surface area (Å²) in [6.07, 6.45) is 3.23. The third-order valence-corrected chi connectivity index (χ3v) is 3.22. The Bertz CT molecular complexity index is 603. The number of aromatic nitrogens is 2. The molecule has 2 aromatic rings. The Kier molecular flexibility index (Phi) is 4.08. The summed E-state index contributed by atoms with van der Waals surface area (Å²) in [5, 5.41) is 0. The van der Waals surface area contributed by atoms with Crippen LogP contribution in [0.1, 0.15) is 29.9 Å². The van der Waals surface area contributed by atoms with Gasteiger partial charge in [-0.15, -0.1) is 0 Å². The standard InChI is InChI=1S/C15H20N4O/c1-11(2)19(9-12-5-4-6-13(16)7-12)15(20)14-8-17-10-18(14)3/h4-8,10-11H,9,16H2,1-3H3. The molecular weight excluding hydrogens is 252 g/mol. The van der Waals surface area contributed by atoms with Gasteiger partial charge in [0.15, 0.2) is 0 Å². The summed E-state index contributed by atoms with van der Waals surface area (Å²) in [7, 11) is 1.82. The van der Waals surface area contributed by atoms with Gasteiger partial charge in [0, 0.05) is 25.3 Å². The first kappa shape index (κ1) is 14.1. The fraction of sp³-hybridized carbons (Fsp3) is 0.333. The number of imidazole rings is 1. The molecule has 106 valence electrons. The van der Waals surface area contributed by atoms with Gasteiger partial charge in [0.05, 0.1) is 12.5 Å². The highest BCUT2D eigenvalue weighted by atomic mass is 16.2. The summed E-state index contributed by atoms with van der Waals surface area (Å²) in [4.78, 5) is 18.4. The number of rotatable bonds is 4. The molecule has 0 aliphatic heterocycles. The van der Waals surface area contributed by atoms with Gasteiger partial charge in [-0.25, -0.2) is 4.98 Å².